The van der Waals surface area contributed by atoms with E-state index >= 15 is 0 Å². The summed E-state index contributed by atoms with van der Waals surface area (Å²) in [5.41, 5.74) is 9.58. The van der Waals surface area contributed by atoms with Gasteiger partial charge in [-0.3, -0.25) is 4.79 Å². The van der Waals surface area contributed by atoms with Gasteiger partial charge in [-0.1, -0.05) is 48.5 Å². The van der Waals surface area contributed by atoms with Crippen molar-refractivity contribution in [1.29, 1.82) is 0 Å². The van der Waals surface area contributed by atoms with Gasteiger partial charge in [-0.2, -0.15) is 9.97 Å². The van der Waals surface area contributed by atoms with Crippen LogP contribution in [0.4, 0.5) is 0 Å². The fourth-order valence-electron chi connectivity index (χ4n) is 7.14. The summed E-state index contributed by atoms with van der Waals surface area (Å²) < 4.78 is 6.23. The zero-order valence-corrected chi connectivity index (χ0v) is 26.3. The molecule has 0 bridgehead atoms. The molecule has 6 rings (SSSR count). The molecule has 1 aliphatic heterocycles. The molecule has 1 fully saturated rings. The SMILES string of the molecule is CCC(C)C(=O)C1=C(C2(CC)CC2)C(C)CC2=C1CCc1cnc(Oc3nc(Cl)c4c(n3)CCN(C)C4)c(P)c12. The largest absolute Gasteiger partial charge is 0.404 e. The molecule has 8 heteroatoms. The maximum atomic E-state index is 14.0. The molecule has 1 saturated carbocycles. The van der Waals surface area contributed by atoms with E-state index in [9.17, 15) is 4.79 Å². The molecular weight excluding hydrogens is 539 g/mol. The number of hydrogen-bond acceptors (Lipinski definition) is 6. The summed E-state index contributed by atoms with van der Waals surface area (Å²) >= 11 is 6.56. The average molecular weight is 579 g/mol. The Hall–Kier alpha value is -2.14. The molecule has 3 unspecified atom stereocenters. The lowest BCUT2D eigenvalue weighted by Gasteiger charge is -2.38. The van der Waals surface area contributed by atoms with Gasteiger partial charge in [-0.05, 0) is 91.2 Å². The number of halogens is 1. The third kappa shape index (κ3) is 4.64. The van der Waals surface area contributed by atoms with Crippen molar-refractivity contribution in [3.05, 3.63) is 50.5 Å². The highest BCUT2D eigenvalue weighted by Gasteiger charge is 2.50. The first kappa shape index (κ1) is 28.0. The summed E-state index contributed by atoms with van der Waals surface area (Å²) in [6.45, 7) is 10.5. The van der Waals surface area contributed by atoms with Crippen molar-refractivity contribution in [2.45, 2.75) is 85.6 Å². The molecule has 3 heterocycles. The number of carbonyl (C=O) groups excluding carboxylic acids is 1. The highest BCUT2D eigenvalue weighted by Crippen LogP contribution is 2.61. The monoisotopic (exact) mass is 578 g/mol. The molecule has 0 saturated heterocycles. The summed E-state index contributed by atoms with van der Waals surface area (Å²) in [5.74, 6) is 1.16. The minimum Gasteiger partial charge on any atom is -0.404 e. The molecule has 6 nitrogen and oxygen atoms in total. The first-order valence-corrected chi connectivity index (χ1v) is 15.8. The molecule has 0 N–H and O–H groups in total. The summed E-state index contributed by atoms with van der Waals surface area (Å²) in [6.07, 6.45) is 9.83. The van der Waals surface area contributed by atoms with Crippen molar-refractivity contribution in [2.24, 2.45) is 17.3 Å². The van der Waals surface area contributed by atoms with E-state index in [1.807, 2.05) is 6.20 Å². The normalized spacial score (nSPS) is 22.4. The zero-order chi connectivity index (χ0) is 28.3. The maximum absolute atomic E-state index is 14.0. The fraction of sp³-hybridized carbons (Fsp3) is 0.562. The highest BCUT2D eigenvalue weighted by molar-refractivity contribution is 7.28. The first-order chi connectivity index (χ1) is 19.2. The van der Waals surface area contributed by atoms with Gasteiger partial charge in [0.2, 0.25) is 5.88 Å². The number of aryl methyl sites for hydroxylation is 1. The standard InChI is InChI=1S/C32H40ClN4O2P/c1-6-17(3)27(38)25-20-9-8-19-15-34-30(39-31-35-23-10-13-37(5)16-22(23)29(33)36-31)28(40)24(19)21(20)14-18(4)26(25)32(7-2)11-12-32/h15,17-18H,6-14,16,40H2,1-5H3. The minimum atomic E-state index is 0.0237. The number of nitrogens with zero attached hydrogens (tertiary/aromatic N) is 4. The topological polar surface area (TPSA) is 68.2 Å². The second-order valence-electron chi connectivity index (χ2n) is 12.3. The third-order valence-corrected chi connectivity index (χ3v) is 10.7. The van der Waals surface area contributed by atoms with Crippen LogP contribution >= 0.6 is 20.8 Å². The molecule has 212 valence electrons. The van der Waals surface area contributed by atoms with E-state index in [2.05, 4.69) is 53.9 Å². The van der Waals surface area contributed by atoms with Gasteiger partial charge in [0.05, 0.1) is 5.69 Å². The molecule has 40 heavy (non-hydrogen) atoms. The summed E-state index contributed by atoms with van der Waals surface area (Å²) in [5, 5.41) is 1.35. The van der Waals surface area contributed by atoms with Crippen molar-refractivity contribution in [2.75, 3.05) is 13.6 Å². The lowest BCUT2D eigenvalue weighted by molar-refractivity contribution is -0.118. The number of aromatic nitrogens is 3. The second kappa shape index (κ2) is 10.6. The Morgan fingerprint density at radius 3 is 2.70 bits per heavy atom. The number of Topliss-reactive ketones (excluding diaryl/α,β-unsaturated/α-hetero) is 1. The minimum absolute atomic E-state index is 0.0237. The van der Waals surface area contributed by atoms with E-state index in [1.165, 1.54) is 40.7 Å². The van der Waals surface area contributed by atoms with Crippen LogP contribution in [0.1, 0.15) is 88.6 Å². The van der Waals surface area contributed by atoms with Crippen LogP contribution in [0.5, 0.6) is 11.9 Å². The molecule has 0 amide bonds. The van der Waals surface area contributed by atoms with Crippen LogP contribution in [-0.4, -0.2) is 39.2 Å². The average Bonchev–Trinajstić information content (AvgIpc) is 3.74. The molecule has 3 aliphatic carbocycles. The Balaban J connectivity index is 1.44. The first-order valence-electron chi connectivity index (χ1n) is 14.9. The number of fused-ring (bicyclic) bond motifs is 3. The Labute approximate surface area is 245 Å². The van der Waals surface area contributed by atoms with Gasteiger partial charge >= 0.3 is 6.01 Å². The molecule has 2 aromatic rings. The lowest BCUT2D eigenvalue weighted by atomic mass is 9.66. The Morgan fingerprint density at radius 2 is 2.00 bits per heavy atom. The maximum Gasteiger partial charge on any atom is 0.325 e. The van der Waals surface area contributed by atoms with Gasteiger partial charge in [0.15, 0.2) is 5.78 Å². The van der Waals surface area contributed by atoms with Crippen LogP contribution < -0.4 is 10.0 Å². The van der Waals surface area contributed by atoms with Gasteiger partial charge in [0.1, 0.15) is 5.15 Å². The zero-order valence-electron chi connectivity index (χ0n) is 24.4. The Morgan fingerprint density at radius 1 is 1.23 bits per heavy atom. The van der Waals surface area contributed by atoms with Gasteiger partial charge in [-0.25, -0.2) is 4.98 Å². The van der Waals surface area contributed by atoms with Crippen molar-refractivity contribution in [3.63, 3.8) is 0 Å². The molecule has 4 aliphatic rings. The third-order valence-electron chi connectivity index (χ3n) is 9.82. The van der Waals surface area contributed by atoms with Crippen molar-refractivity contribution >= 4 is 37.5 Å². The second-order valence-corrected chi connectivity index (χ2v) is 13.3. The van der Waals surface area contributed by atoms with Crippen LogP contribution in [0.3, 0.4) is 0 Å². The quantitative estimate of drug-likeness (QED) is 0.271. The number of likely N-dealkylation sites (N-methyl/N-ethyl adjacent to an activating group) is 1. The molecule has 0 aromatic carbocycles. The van der Waals surface area contributed by atoms with E-state index in [4.69, 9.17) is 26.3 Å². The number of allylic oxidation sites excluding steroid dienone is 4. The molecule has 3 atom stereocenters. The molecule has 0 spiro atoms. The van der Waals surface area contributed by atoms with Crippen LogP contribution in [0, 0.1) is 17.3 Å². The van der Waals surface area contributed by atoms with Crippen molar-refractivity contribution in [3.8, 4) is 11.9 Å². The predicted molar refractivity (Wildman–Crippen MR) is 163 cm³/mol. The smallest absolute Gasteiger partial charge is 0.325 e. The summed E-state index contributed by atoms with van der Waals surface area (Å²) in [6, 6.07) is 0.236. The molecular formula is C32H40ClN4O2P. The number of ether oxygens (including phenoxy) is 1. The van der Waals surface area contributed by atoms with E-state index in [0.717, 1.165) is 73.7 Å². The van der Waals surface area contributed by atoms with Crippen molar-refractivity contribution < 1.29 is 9.53 Å². The number of ketones is 1. The van der Waals surface area contributed by atoms with Crippen LogP contribution in [-0.2, 0) is 24.2 Å². The van der Waals surface area contributed by atoms with E-state index in [-0.39, 0.29) is 17.3 Å². The van der Waals surface area contributed by atoms with Gasteiger partial charge in [0, 0.05) is 48.1 Å². The number of hydrogen-bond donors (Lipinski definition) is 0. The molecule has 2 aromatic heterocycles. The van der Waals surface area contributed by atoms with Crippen LogP contribution in [0.2, 0.25) is 5.15 Å². The van der Waals surface area contributed by atoms with Crippen molar-refractivity contribution in [1.82, 2.24) is 19.9 Å². The highest BCUT2D eigenvalue weighted by atomic mass is 35.5. The summed E-state index contributed by atoms with van der Waals surface area (Å²) in [7, 11) is 4.95. The Kier molecular flexibility index (Phi) is 7.42. The fourth-order valence-corrected chi connectivity index (χ4v) is 7.88. The number of rotatable bonds is 7. The van der Waals surface area contributed by atoms with Gasteiger partial charge in [0.25, 0.3) is 0 Å². The van der Waals surface area contributed by atoms with E-state index in [0.29, 0.717) is 22.7 Å². The molecule has 0 radical (unpaired) electrons. The van der Waals surface area contributed by atoms with Gasteiger partial charge < -0.3 is 9.64 Å². The predicted octanol–water partition coefficient (Wildman–Crippen LogP) is 6.65. The van der Waals surface area contributed by atoms with E-state index < -0.39 is 0 Å². The number of pyridine rings is 1. The van der Waals surface area contributed by atoms with Gasteiger partial charge in [-0.15, -0.1) is 0 Å². The van der Waals surface area contributed by atoms with Crippen LogP contribution in [0.15, 0.2) is 22.9 Å². The van der Waals surface area contributed by atoms with E-state index in [1.54, 1.807) is 0 Å². The Bertz CT molecular complexity index is 1460. The lowest BCUT2D eigenvalue weighted by Crippen LogP contribution is -2.29. The summed E-state index contributed by atoms with van der Waals surface area (Å²) in [4.78, 5) is 30.1. The number of carbonyl (C=O) groups is 1. The van der Waals surface area contributed by atoms with Crippen LogP contribution in [0.25, 0.3) is 5.57 Å².